The lowest BCUT2D eigenvalue weighted by atomic mass is 10.2. The summed E-state index contributed by atoms with van der Waals surface area (Å²) < 4.78 is 16.6. The van der Waals surface area contributed by atoms with Crippen LogP contribution >= 0.6 is 28.3 Å². The van der Waals surface area contributed by atoms with Gasteiger partial charge in [0.15, 0.2) is 11.5 Å². The van der Waals surface area contributed by atoms with Crippen molar-refractivity contribution < 1.29 is 18.9 Å². The van der Waals surface area contributed by atoms with E-state index in [1.165, 1.54) is 0 Å². The zero-order chi connectivity index (χ0) is 21.3. The molecule has 4 N–H and O–H groups in total. The Morgan fingerprint density at radius 2 is 2.10 bits per heavy atom. The molecule has 0 aliphatic rings. The summed E-state index contributed by atoms with van der Waals surface area (Å²) in [5, 5.41) is 12.8. The monoisotopic (exact) mass is 512 g/mol. The van der Waals surface area contributed by atoms with Crippen molar-refractivity contribution in [3.63, 3.8) is 0 Å². The van der Waals surface area contributed by atoms with Gasteiger partial charge in [-0.2, -0.15) is 0 Å². The van der Waals surface area contributed by atoms with Crippen LogP contribution < -0.4 is 25.8 Å². The van der Waals surface area contributed by atoms with E-state index in [4.69, 9.17) is 15.2 Å². The zero-order valence-electron chi connectivity index (χ0n) is 16.6. The summed E-state index contributed by atoms with van der Waals surface area (Å²) in [5.41, 5.74) is 7.41. The van der Waals surface area contributed by atoms with Gasteiger partial charge in [0.1, 0.15) is 6.61 Å². The van der Waals surface area contributed by atoms with Gasteiger partial charge in [-0.05, 0) is 50.0 Å². The molecular formula is C19H22BrClN6O4. The topological polar surface area (TPSA) is 137 Å². The molecule has 0 atom stereocenters. The van der Waals surface area contributed by atoms with E-state index in [2.05, 4.69) is 46.5 Å². The third-order valence-corrected chi connectivity index (χ3v) is 4.63. The molecule has 1 amide bonds. The number of nitrogens with two attached hydrogens (primary N) is 1. The minimum Gasteiger partial charge on any atom is -0.493 e. The molecule has 0 bridgehead atoms. The van der Waals surface area contributed by atoms with E-state index in [-0.39, 0.29) is 23.9 Å². The maximum absolute atomic E-state index is 11.9. The Hall–Kier alpha value is -2.89. The molecule has 12 heteroatoms. The van der Waals surface area contributed by atoms with Crippen LogP contribution in [-0.2, 0) is 13.2 Å². The number of nitrogen functional groups attached to an aromatic ring is 1. The molecule has 0 saturated carbocycles. The van der Waals surface area contributed by atoms with Gasteiger partial charge in [0.05, 0.1) is 11.6 Å². The number of carbonyl (C=O) groups is 1. The van der Waals surface area contributed by atoms with Crippen molar-refractivity contribution in [3.05, 3.63) is 58.0 Å². The van der Waals surface area contributed by atoms with E-state index in [1.807, 2.05) is 24.3 Å². The Morgan fingerprint density at radius 1 is 1.26 bits per heavy atom. The number of ether oxygens (including phenoxy) is 2. The summed E-state index contributed by atoms with van der Waals surface area (Å²) in [6, 6.07) is 7.66. The number of amides is 1. The molecule has 0 fully saturated rings. The van der Waals surface area contributed by atoms with Crippen LogP contribution in [-0.4, -0.2) is 41.4 Å². The molecule has 2 heterocycles. The Kier molecular flexibility index (Phi) is 9.50. The first kappa shape index (κ1) is 24.4. The van der Waals surface area contributed by atoms with E-state index in [1.54, 1.807) is 19.5 Å². The molecule has 166 valence electrons. The van der Waals surface area contributed by atoms with E-state index >= 15 is 0 Å². The summed E-state index contributed by atoms with van der Waals surface area (Å²) in [6.45, 7) is 1.87. The lowest BCUT2D eigenvalue weighted by Crippen LogP contribution is -2.32. The van der Waals surface area contributed by atoms with E-state index in [9.17, 15) is 4.79 Å². The van der Waals surface area contributed by atoms with Crippen molar-refractivity contribution in [2.45, 2.75) is 13.2 Å². The zero-order valence-corrected chi connectivity index (χ0v) is 19.0. The lowest BCUT2D eigenvalue weighted by molar-refractivity contribution is 0.0944. The predicted octanol–water partition coefficient (Wildman–Crippen LogP) is 2.34. The minimum absolute atomic E-state index is 0. The SMILES string of the molecule is COc1cc(CNCCNC(=O)c2nonc2N)cc(Br)c1OCc1cccnc1.Cl. The van der Waals surface area contributed by atoms with Gasteiger partial charge >= 0.3 is 0 Å². The van der Waals surface area contributed by atoms with Crippen LogP contribution in [0.4, 0.5) is 5.82 Å². The second kappa shape index (κ2) is 12.1. The van der Waals surface area contributed by atoms with E-state index in [0.29, 0.717) is 37.7 Å². The first-order chi connectivity index (χ1) is 14.6. The van der Waals surface area contributed by atoms with Crippen molar-refractivity contribution in [1.82, 2.24) is 25.9 Å². The third-order valence-electron chi connectivity index (χ3n) is 4.04. The lowest BCUT2D eigenvalue weighted by Gasteiger charge is -2.15. The molecule has 0 spiro atoms. The number of anilines is 1. The summed E-state index contributed by atoms with van der Waals surface area (Å²) in [6.07, 6.45) is 3.47. The Morgan fingerprint density at radius 3 is 2.77 bits per heavy atom. The van der Waals surface area contributed by atoms with Crippen LogP contribution in [0.3, 0.4) is 0 Å². The Bertz CT molecular complexity index is 989. The van der Waals surface area contributed by atoms with Crippen LogP contribution in [0.15, 0.2) is 45.8 Å². The van der Waals surface area contributed by atoms with Crippen molar-refractivity contribution in [2.24, 2.45) is 0 Å². The number of halogens is 2. The average molecular weight is 514 g/mol. The molecule has 31 heavy (non-hydrogen) atoms. The van der Waals surface area contributed by atoms with Gasteiger partial charge in [-0.1, -0.05) is 6.07 Å². The number of carbonyl (C=O) groups excluding carboxylic acids is 1. The van der Waals surface area contributed by atoms with Gasteiger partial charge in [0.2, 0.25) is 11.5 Å². The number of pyridine rings is 1. The van der Waals surface area contributed by atoms with Crippen molar-refractivity contribution in [2.75, 3.05) is 25.9 Å². The van der Waals surface area contributed by atoms with E-state index < -0.39 is 5.91 Å². The molecule has 10 nitrogen and oxygen atoms in total. The second-order valence-electron chi connectivity index (χ2n) is 6.19. The summed E-state index contributed by atoms with van der Waals surface area (Å²) in [7, 11) is 1.59. The van der Waals surface area contributed by atoms with Crippen LogP contribution in [0.2, 0.25) is 0 Å². The smallest absolute Gasteiger partial charge is 0.277 e. The van der Waals surface area contributed by atoms with Gasteiger partial charge in [0, 0.05) is 37.6 Å². The molecule has 1 aromatic carbocycles. The van der Waals surface area contributed by atoms with Gasteiger partial charge in [-0.25, -0.2) is 4.63 Å². The average Bonchev–Trinajstić information content (AvgIpc) is 3.19. The third kappa shape index (κ3) is 6.81. The molecule has 3 aromatic rings. The van der Waals surface area contributed by atoms with Crippen LogP contribution in [0.25, 0.3) is 0 Å². The molecule has 0 aliphatic carbocycles. The highest BCUT2D eigenvalue weighted by Gasteiger charge is 2.15. The number of nitrogens with zero attached hydrogens (tertiary/aromatic N) is 3. The molecule has 0 unspecified atom stereocenters. The largest absolute Gasteiger partial charge is 0.493 e. The summed E-state index contributed by atoms with van der Waals surface area (Å²) >= 11 is 3.54. The highest BCUT2D eigenvalue weighted by molar-refractivity contribution is 9.10. The number of aromatic nitrogens is 3. The number of methoxy groups -OCH3 is 1. The van der Waals surface area contributed by atoms with Crippen LogP contribution in [0.1, 0.15) is 21.6 Å². The van der Waals surface area contributed by atoms with E-state index in [0.717, 1.165) is 15.6 Å². The van der Waals surface area contributed by atoms with Crippen molar-refractivity contribution >= 4 is 40.1 Å². The first-order valence-corrected chi connectivity index (χ1v) is 9.83. The fraction of sp³-hybridized carbons (Fsp3) is 0.263. The van der Waals surface area contributed by atoms with Crippen molar-refractivity contribution in [3.8, 4) is 11.5 Å². The van der Waals surface area contributed by atoms with Crippen LogP contribution in [0, 0.1) is 0 Å². The number of hydrogen-bond donors (Lipinski definition) is 3. The van der Waals surface area contributed by atoms with Gasteiger partial charge in [-0.3, -0.25) is 9.78 Å². The van der Waals surface area contributed by atoms with Gasteiger partial charge in [0.25, 0.3) is 5.91 Å². The first-order valence-electron chi connectivity index (χ1n) is 9.03. The Labute approximate surface area is 193 Å². The second-order valence-corrected chi connectivity index (χ2v) is 7.04. The number of nitrogens with one attached hydrogen (secondary N) is 2. The maximum atomic E-state index is 11.9. The number of rotatable bonds is 10. The predicted molar refractivity (Wildman–Crippen MR) is 119 cm³/mol. The van der Waals surface area contributed by atoms with Crippen LogP contribution in [0.5, 0.6) is 11.5 Å². The normalized spacial score (nSPS) is 10.3. The fourth-order valence-corrected chi connectivity index (χ4v) is 3.19. The maximum Gasteiger partial charge on any atom is 0.277 e. The molecule has 3 rings (SSSR count). The summed E-state index contributed by atoms with van der Waals surface area (Å²) in [4.78, 5) is 15.9. The molecule has 0 radical (unpaired) electrons. The Balaban J connectivity index is 0.00000341. The highest BCUT2D eigenvalue weighted by atomic mass is 79.9. The quantitative estimate of drug-likeness (QED) is 0.349. The standard InChI is InChI=1S/C19H21BrN6O4.ClH/c1-28-15-8-13(7-14(20)17(15)29-11-12-3-2-4-22-9-12)10-23-5-6-24-19(27)16-18(21)26-30-25-16;/h2-4,7-9,23H,5-6,10-11H2,1H3,(H2,21,26)(H,24,27);1H. The van der Waals surface area contributed by atoms with Gasteiger partial charge < -0.3 is 25.8 Å². The molecule has 0 aliphatic heterocycles. The summed E-state index contributed by atoms with van der Waals surface area (Å²) in [5.74, 6) is 0.766. The minimum atomic E-state index is -0.435. The number of benzene rings is 1. The molecular weight excluding hydrogens is 492 g/mol. The molecule has 2 aromatic heterocycles. The number of hydrogen-bond acceptors (Lipinski definition) is 9. The van der Waals surface area contributed by atoms with Crippen molar-refractivity contribution in [1.29, 1.82) is 0 Å². The molecule has 0 saturated heterocycles. The fourth-order valence-electron chi connectivity index (χ4n) is 2.59. The highest BCUT2D eigenvalue weighted by Crippen LogP contribution is 2.37. The van der Waals surface area contributed by atoms with Gasteiger partial charge in [-0.15, -0.1) is 12.4 Å².